The van der Waals surface area contributed by atoms with Gasteiger partial charge < -0.3 is 19.4 Å². The van der Waals surface area contributed by atoms with Gasteiger partial charge in [-0.2, -0.15) is 0 Å². The predicted octanol–water partition coefficient (Wildman–Crippen LogP) is 2.61. The first kappa shape index (κ1) is 15.3. The lowest BCUT2D eigenvalue weighted by Gasteiger charge is -2.08. The molecule has 0 spiro atoms. The van der Waals surface area contributed by atoms with Crippen molar-refractivity contribution in [2.24, 2.45) is 7.05 Å². The zero-order valence-electron chi connectivity index (χ0n) is 13.3. The van der Waals surface area contributed by atoms with Gasteiger partial charge in [-0.1, -0.05) is 12.1 Å². The van der Waals surface area contributed by atoms with Crippen LogP contribution >= 0.6 is 0 Å². The Kier molecular flexibility index (Phi) is 4.73. The highest BCUT2D eigenvalue weighted by Gasteiger charge is 2.06. The third-order valence-electron chi connectivity index (χ3n) is 3.62. The maximum absolute atomic E-state index is 5.69. The summed E-state index contributed by atoms with van der Waals surface area (Å²) in [4.78, 5) is 8.59. The van der Waals surface area contributed by atoms with Gasteiger partial charge in [-0.25, -0.2) is 4.98 Å². The van der Waals surface area contributed by atoms with Crippen LogP contribution < -0.4 is 10.1 Å². The molecule has 3 rings (SSSR count). The Bertz CT molecular complexity index is 785. The van der Waals surface area contributed by atoms with E-state index >= 15 is 0 Å². The minimum absolute atomic E-state index is 0.561. The second kappa shape index (κ2) is 7.11. The molecule has 0 bridgehead atoms. The minimum Gasteiger partial charge on any atom is -0.497 e. The Morgan fingerprint density at radius 1 is 1.26 bits per heavy atom. The van der Waals surface area contributed by atoms with Crippen LogP contribution in [0.1, 0.15) is 5.56 Å². The van der Waals surface area contributed by atoms with E-state index in [4.69, 9.17) is 9.47 Å². The van der Waals surface area contributed by atoms with E-state index in [2.05, 4.69) is 15.3 Å². The molecule has 0 unspecified atom stereocenters. The average molecular weight is 312 g/mol. The maximum Gasteiger partial charge on any atom is 0.203 e. The van der Waals surface area contributed by atoms with Crippen LogP contribution in [0.2, 0.25) is 0 Å². The lowest BCUT2D eigenvalue weighted by Crippen LogP contribution is -2.12. The zero-order chi connectivity index (χ0) is 16.1. The summed E-state index contributed by atoms with van der Waals surface area (Å²) in [5.41, 5.74) is 3.03. The van der Waals surface area contributed by atoms with Crippen LogP contribution in [0, 0.1) is 0 Å². The minimum atomic E-state index is 0.561. The summed E-state index contributed by atoms with van der Waals surface area (Å²) < 4.78 is 12.9. The fourth-order valence-electron chi connectivity index (χ4n) is 2.40. The van der Waals surface area contributed by atoms with E-state index < -0.39 is 0 Å². The van der Waals surface area contributed by atoms with Crippen LogP contribution in [0.25, 0.3) is 11.0 Å². The number of benzene rings is 1. The van der Waals surface area contributed by atoms with Crippen LogP contribution in [0.3, 0.4) is 0 Å². The Morgan fingerprint density at radius 3 is 3.00 bits per heavy atom. The van der Waals surface area contributed by atoms with Crippen LogP contribution in [-0.4, -0.2) is 34.8 Å². The number of rotatable bonds is 7. The second-order valence-corrected chi connectivity index (χ2v) is 5.19. The molecule has 0 aliphatic rings. The van der Waals surface area contributed by atoms with Crippen LogP contribution in [0.4, 0.5) is 5.95 Å². The van der Waals surface area contributed by atoms with E-state index in [9.17, 15) is 0 Å². The van der Waals surface area contributed by atoms with Gasteiger partial charge in [0.1, 0.15) is 11.3 Å². The van der Waals surface area contributed by atoms with E-state index in [1.807, 2.05) is 41.9 Å². The van der Waals surface area contributed by atoms with E-state index in [-0.39, 0.29) is 0 Å². The number of nitrogens with one attached hydrogen (secondary N) is 1. The highest BCUT2D eigenvalue weighted by molar-refractivity contribution is 5.77. The molecule has 23 heavy (non-hydrogen) atoms. The number of pyridine rings is 1. The summed E-state index contributed by atoms with van der Waals surface area (Å²) in [7, 11) is 3.64. The molecule has 0 radical (unpaired) electrons. The average Bonchev–Trinajstić information content (AvgIpc) is 2.91. The number of hydrogen-bond acceptors (Lipinski definition) is 5. The molecule has 3 aromatic rings. The Balaban J connectivity index is 1.48. The first-order chi connectivity index (χ1) is 11.3. The van der Waals surface area contributed by atoms with Crippen molar-refractivity contribution in [1.82, 2.24) is 14.5 Å². The van der Waals surface area contributed by atoms with Gasteiger partial charge >= 0.3 is 0 Å². The molecule has 0 aliphatic carbocycles. The normalized spacial score (nSPS) is 10.9. The largest absolute Gasteiger partial charge is 0.497 e. The lowest BCUT2D eigenvalue weighted by molar-refractivity contribution is 0.130. The Labute approximate surface area is 135 Å². The molecule has 2 aromatic heterocycles. The molecular weight excluding hydrogens is 292 g/mol. The van der Waals surface area contributed by atoms with Gasteiger partial charge in [0.2, 0.25) is 5.95 Å². The molecule has 1 N–H and O–H groups in total. The van der Waals surface area contributed by atoms with Gasteiger partial charge in [0, 0.05) is 19.8 Å². The topological polar surface area (TPSA) is 61.2 Å². The van der Waals surface area contributed by atoms with Crippen molar-refractivity contribution < 1.29 is 9.47 Å². The van der Waals surface area contributed by atoms with E-state index in [0.717, 1.165) is 28.3 Å². The smallest absolute Gasteiger partial charge is 0.203 e. The van der Waals surface area contributed by atoms with E-state index in [0.29, 0.717) is 19.8 Å². The van der Waals surface area contributed by atoms with Crippen molar-refractivity contribution >= 4 is 17.0 Å². The molecule has 0 amide bonds. The van der Waals surface area contributed by atoms with Crippen molar-refractivity contribution in [2.45, 2.75) is 6.61 Å². The van der Waals surface area contributed by atoms with Crippen LogP contribution in [-0.2, 0) is 18.4 Å². The molecule has 6 nitrogen and oxygen atoms in total. The molecule has 120 valence electrons. The molecule has 0 saturated carbocycles. The van der Waals surface area contributed by atoms with Crippen LogP contribution in [0.15, 0.2) is 42.7 Å². The quantitative estimate of drug-likeness (QED) is 0.680. The molecule has 6 heteroatoms. The first-order valence-corrected chi connectivity index (χ1v) is 7.49. The van der Waals surface area contributed by atoms with Gasteiger partial charge in [0.25, 0.3) is 0 Å². The lowest BCUT2D eigenvalue weighted by atomic mass is 10.2. The number of hydrogen-bond donors (Lipinski definition) is 1. The Hall–Kier alpha value is -2.60. The third-order valence-corrected chi connectivity index (χ3v) is 3.62. The zero-order valence-corrected chi connectivity index (χ0v) is 13.3. The van der Waals surface area contributed by atoms with Gasteiger partial charge in [-0.05, 0) is 23.8 Å². The van der Waals surface area contributed by atoms with Gasteiger partial charge in [0.05, 0.1) is 32.0 Å². The standard InChI is InChI=1S/C17H20N4O2/c1-21-16-6-7-18-11-15(16)20-17(21)19-8-9-23-12-13-4-3-5-14(10-13)22-2/h3-7,10-11H,8-9,12H2,1-2H3,(H,19,20). The number of nitrogens with zero attached hydrogens (tertiary/aromatic N) is 3. The molecule has 0 atom stereocenters. The summed E-state index contributed by atoms with van der Waals surface area (Å²) in [5.74, 6) is 1.66. The summed E-state index contributed by atoms with van der Waals surface area (Å²) in [6.07, 6.45) is 3.53. The summed E-state index contributed by atoms with van der Waals surface area (Å²) >= 11 is 0. The van der Waals surface area contributed by atoms with Crippen molar-refractivity contribution in [1.29, 1.82) is 0 Å². The van der Waals surface area contributed by atoms with Crippen molar-refractivity contribution in [3.63, 3.8) is 0 Å². The fraction of sp³-hybridized carbons (Fsp3) is 0.294. The van der Waals surface area contributed by atoms with Gasteiger partial charge in [-0.3, -0.25) is 4.98 Å². The number of aromatic nitrogens is 3. The highest BCUT2D eigenvalue weighted by Crippen LogP contribution is 2.16. The molecule has 2 heterocycles. The monoisotopic (exact) mass is 312 g/mol. The summed E-state index contributed by atoms with van der Waals surface area (Å²) in [6, 6.07) is 9.84. The van der Waals surface area contributed by atoms with E-state index in [1.165, 1.54) is 0 Å². The Morgan fingerprint density at radius 2 is 2.17 bits per heavy atom. The molecule has 1 aromatic carbocycles. The number of aryl methyl sites for hydroxylation is 1. The van der Waals surface area contributed by atoms with Gasteiger partial charge in [0.15, 0.2) is 0 Å². The number of imidazole rings is 1. The number of methoxy groups -OCH3 is 1. The van der Waals surface area contributed by atoms with E-state index in [1.54, 1.807) is 19.5 Å². The highest BCUT2D eigenvalue weighted by atomic mass is 16.5. The fourth-order valence-corrected chi connectivity index (χ4v) is 2.40. The van der Waals surface area contributed by atoms with Crippen LogP contribution in [0.5, 0.6) is 5.75 Å². The van der Waals surface area contributed by atoms with Crippen molar-refractivity contribution in [2.75, 3.05) is 25.6 Å². The number of fused-ring (bicyclic) bond motifs is 1. The summed E-state index contributed by atoms with van der Waals surface area (Å²) in [6.45, 7) is 1.85. The third kappa shape index (κ3) is 3.60. The van der Waals surface area contributed by atoms with Gasteiger partial charge in [-0.15, -0.1) is 0 Å². The predicted molar refractivity (Wildman–Crippen MR) is 89.6 cm³/mol. The molecule has 0 aliphatic heterocycles. The molecule has 0 fully saturated rings. The van der Waals surface area contributed by atoms with Crippen molar-refractivity contribution in [3.05, 3.63) is 48.3 Å². The molecular formula is C17H20N4O2. The maximum atomic E-state index is 5.69. The number of ether oxygens (including phenoxy) is 2. The van der Waals surface area contributed by atoms with Crippen molar-refractivity contribution in [3.8, 4) is 5.75 Å². The number of anilines is 1. The first-order valence-electron chi connectivity index (χ1n) is 7.49. The summed E-state index contributed by atoms with van der Waals surface area (Å²) in [5, 5.41) is 3.29. The SMILES string of the molecule is COc1cccc(COCCNc2nc3cnccc3n2C)c1. The second-order valence-electron chi connectivity index (χ2n) is 5.19. The molecule has 0 saturated heterocycles.